The lowest BCUT2D eigenvalue weighted by atomic mass is 10.1. The molecule has 17 heavy (non-hydrogen) atoms. The first-order valence-electron chi connectivity index (χ1n) is 5.65. The predicted octanol–water partition coefficient (Wildman–Crippen LogP) is 1.94. The third kappa shape index (κ3) is 3.23. The summed E-state index contributed by atoms with van der Waals surface area (Å²) in [5, 5.41) is 0. The van der Waals surface area contributed by atoms with Crippen molar-refractivity contribution in [2.75, 3.05) is 25.2 Å². The predicted molar refractivity (Wildman–Crippen MR) is 68.8 cm³/mol. The minimum atomic E-state index is -0.251. The zero-order valence-corrected chi connectivity index (χ0v) is 10.7. The molecule has 1 unspecified atom stereocenters. The zero-order valence-electron chi connectivity index (χ0n) is 9.85. The Morgan fingerprint density at radius 1 is 1.53 bits per heavy atom. The van der Waals surface area contributed by atoms with Gasteiger partial charge in [0.2, 0.25) is 0 Å². The number of ketones is 1. The van der Waals surface area contributed by atoms with Crippen LogP contribution >= 0.6 is 11.8 Å². The van der Waals surface area contributed by atoms with Crippen LogP contribution in [0.2, 0.25) is 0 Å². The fourth-order valence-electron chi connectivity index (χ4n) is 1.82. The Morgan fingerprint density at radius 3 is 3.06 bits per heavy atom. The van der Waals surface area contributed by atoms with E-state index in [4.69, 9.17) is 9.47 Å². The highest BCUT2D eigenvalue weighted by Gasteiger charge is 2.23. The van der Waals surface area contributed by atoms with Crippen LogP contribution in [0.1, 0.15) is 5.56 Å². The smallest absolute Gasteiger partial charge is 0.166 e. The summed E-state index contributed by atoms with van der Waals surface area (Å²) in [7, 11) is 1.62. The lowest BCUT2D eigenvalue weighted by Crippen LogP contribution is -2.32. The quantitative estimate of drug-likeness (QED) is 0.820. The molecule has 1 fully saturated rings. The third-order valence-corrected chi connectivity index (χ3v) is 3.73. The van der Waals surface area contributed by atoms with E-state index in [9.17, 15) is 4.79 Å². The second kappa shape index (κ2) is 6.07. The highest BCUT2D eigenvalue weighted by atomic mass is 32.2. The molecule has 1 aliphatic heterocycles. The average molecular weight is 252 g/mol. The second-order valence-electron chi connectivity index (χ2n) is 3.89. The van der Waals surface area contributed by atoms with E-state index in [-0.39, 0.29) is 11.9 Å². The van der Waals surface area contributed by atoms with Gasteiger partial charge < -0.3 is 9.47 Å². The number of carbonyl (C=O) groups excluding carboxylic acids is 1. The molecule has 1 atom stereocenters. The number of hydrogen-bond acceptors (Lipinski definition) is 4. The highest BCUT2D eigenvalue weighted by Crippen LogP contribution is 2.20. The maximum absolute atomic E-state index is 12.0. The summed E-state index contributed by atoms with van der Waals surface area (Å²) in [5.41, 5.74) is 0.930. The Bertz CT molecular complexity index is 386. The van der Waals surface area contributed by atoms with Gasteiger partial charge in [-0.15, -0.1) is 0 Å². The van der Waals surface area contributed by atoms with Crippen molar-refractivity contribution in [3.05, 3.63) is 29.8 Å². The second-order valence-corrected chi connectivity index (χ2v) is 5.04. The van der Waals surface area contributed by atoms with E-state index in [0.717, 1.165) is 22.8 Å². The lowest BCUT2D eigenvalue weighted by molar-refractivity contribution is -0.128. The minimum Gasteiger partial charge on any atom is -0.496 e. The number of ether oxygens (including phenoxy) is 2. The van der Waals surface area contributed by atoms with Crippen LogP contribution in [0.5, 0.6) is 5.75 Å². The van der Waals surface area contributed by atoms with Crippen LogP contribution in [0.4, 0.5) is 0 Å². The summed E-state index contributed by atoms with van der Waals surface area (Å²) in [6.45, 7) is 0.674. The Labute approximate surface area is 105 Å². The van der Waals surface area contributed by atoms with Crippen LogP contribution in [-0.2, 0) is 16.0 Å². The number of Topliss-reactive ketones (excluding diaryl/α,β-unsaturated/α-hetero) is 1. The normalized spacial score (nSPS) is 19.9. The first-order chi connectivity index (χ1) is 8.31. The molecule has 3 nitrogen and oxygen atoms in total. The summed E-state index contributed by atoms with van der Waals surface area (Å²) in [6.07, 6.45) is 0.133. The van der Waals surface area contributed by atoms with Crippen molar-refractivity contribution in [1.82, 2.24) is 0 Å². The van der Waals surface area contributed by atoms with Crippen LogP contribution < -0.4 is 4.74 Å². The standard InChI is InChI=1S/C13H16O3S/c1-15-12-5-3-2-4-10(12)8-11(14)13-9-17-7-6-16-13/h2-5,13H,6-9H2,1H3. The molecule has 0 saturated carbocycles. The molecule has 2 rings (SSSR count). The zero-order chi connectivity index (χ0) is 12.1. The molecule has 0 N–H and O–H groups in total. The van der Waals surface area contributed by atoms with Crippen molar-refractivity contribution in [1.29, 1.82) is 0 Å². The van der Waals surface area contributed by atoms with Crippen molar-refractivity contribution in [3.8, 4) is 5.75 Å². The fourth-order valence-corrected chi connectivity index (χ4v) is 2.70. The van der Waals surface area contributed by atoms with E-state index in [1.54, 1.807) is 18.9 Å². The largest absolute Gasteiger partial charge is 0.496 e. The van der Waals surface area contributed by atoms with Crippen molar-refractivity contribution < 1.29 is 14.3 Å². The van der Waals surface area contributed by atoms with E-state index in [1.807, 2.05) is 24.3 Å². The van der Waals surface area contributed by atoms with Gasteiger partial charge in [0.1, 0.15) is 11.9 Å². The molecular formula is C13H16O3S. The van der Waals surface area contributed by atoms with Crippen LogP contribution in [0.25, 0.3) is 0 Å². The van der Waals surface area contributed by atoms with Crippen molar-refractivity contribution in [2.24, 2.45) is 0 Å². The van der Waals surface area contributed by atoms with Crippen LogP contribution in [-0.4, -0.2) is 37.1 Å². The molecular weight excluding hydrogens is 236 g/mol. The van der Waals surface area contributed by atoms with Gasteiger partial charge in [0.05, 0.1) is 13.7 Å². The minimum absolute atomic E-state index is 0.140. The molecule has 0 amide bonds. The molecule has 4 heteroatoms. The van der Waals surface area contributed by atoms with Gasteiger partial charge in [0.25, 0.3) is 0 Å². The monoisotopic (exact) mass is 252 g/mol. The Morgan fingerprint density at radius 2 is 2.35 bits per heavy atom. The number of thioether (sulfide) groups is 1. The molecule has 0 bridgehead atoms. The highest BCUT2D eigenvalue weighted by molar-refractivity contribution is 7.99. The molecule has 0 aliphatic carbocycles. The number of rotatable bonds is 4. The van der Waals surface area contributed by atoms with E-state index < -0.39 is 0 Å². The molecule has 1 heterocycles. The number of carbonyl (C=O) groups is 1. The van der Waals surface area contributed by atoms with E-state index >= 15 is 0 Å². The number of methoxy groups -OCH3 is 1. The van der Waals surface area contributed by atoms with Gasteiger partial charge in [0, 0.05) is 23.5 Å². The fraction of sp³-hybridized carbons (Fsp3) is 0.462. The molecule has 1 aromatic carbocycles. The molecule has 1 aliphatic rings. The van der Waals surface area contributed by atoms with E-state index in [1.165, 1.54) is 0 Å². The topological polar surface area (TPSA) is 35.5 Å². The Hall–Kier alpha value is -1.00. The first-order valence-corrected chi connectivity index (χ1v) is 6.80. The number of hydrogen-bond donors (Lipinski definition) is 0. The van der Waals surface area contributed by atoms with Gasteiger partial charge in [-0.1, -0.05) is 18.2 Å². The molecule has 0 spiro atoms. The molecule has 1 saturated heterocycles. The van der Waals surface area contributed by atoms with Gasteiger partial charge >= 0.3 is 0 Å². The average Bonchev–Trinajstić information content (AvgIpc) is 2.40. The van der Waals surface area contributed by atoms with Gasteiger partial charge in [-0.25, -0.2) is 0 Å². The van der Waals surface area contributed by atoms with Crippen molar-refractivity contribution in [2.45, 2.75) is 12.5 Å². The summed E-state index contributed by atoms with van der Waals surface area (Å²) >= 11 is 1.77. The SMILES string of the molecule is COc1ccccc1CC(=O)C1CSCCO1. The maximum Gasteiger partial charge on any atom is 0.166 e. The summed E-state index contributed by atoms with van der Waals surface area (Å²) in [5.74, 6) is 2.66. The van der Waals surface area contributed by atoms with E-state index in [2.05, 4.69) is 0 Å². The number of para-hydroxylation sites is 1. The van der Waals surface area contributed by atoms with Crippen LogP contribution in [0.15, 0.2) is 24.3 Å². The van der Waals surface area contributed by atoms with Crippen LogP contribution in [0, 0.1) is 0 Å². The van der Waals surface area contributed by atoms with Gasteiger partial charge in [-0.3, -0.25) is 4.79 Å². The van der Waals surface area contributed by atoms with Gasteiger partial charge in [-0.2, -0.15) is 11.8 Å². The van der Waals surface area contributed by atoms with Crippen LogP contribution in [0.3, 0.4) is 0 Å². The van der Waals surface area contributed by atoms with Crippen molar-refractivity contribution in [3.63, 3.8) is 0 Å². The summed E-state index contributed by atoms with van der Waals surface area (Å²) in [4.78, 5) is 12.0. The first kappa shape index (κ1) is 12.5. The molecule has 1 aromatic rings. The van der Waals surface area contributed by atoms with Gasteiger partial charge in [0.15, 0.2) is 5.78 Å². The Balaban J connectivity index is 2.01. The lowest BCUT2D eigenvalue weighted by Gasteiger charge is -2.21. The third-order valence-electron chi connectivity index (χ3n) is 2.73. The molecule has 92 valence electrons. The summed E-state index contributed by atoms with van der Waals surface area (Å²) < 4.78 is 10.7. The molecule has 0 radical (unpaired) electrons. The Kier molecular flexibility index (Phi) is 4.45. The van der Waals surface area contributed by atoms with Gasteiger partial charge in [-0.05, 0) is 6.07 Å². The molecule has 0 aromatic heterocycles. The van der Waals surface area contributed by atoms with Crippen molar-refractivity contribution >= 4 is 17.5 Å². The van der Waals surface area contributed by atoms with E-state index in [0.29, 0.717) is 13.0 Å². The maximum atomic E-state index is 12.0. The number of benzene rings is 1. The summed E-state index contributed by atoms with van der Waals surface area (Å²) in [6, 6.07) is 7.62.